The van der Waals surface area contributed by atoms with E-state index in [4.69, 9.17) is 0 Å². The van der Waals surface area contributed by atoms with Crippen LogP contribution in [0.3, 0.4) is 0 Å². The molecule has 0 nitrogen and oxygen atoms in total. The van der Waals surface area contributed by atoms with Crippen molar-refractivity contribution in [2.75, 3.05) is 0 Å². The van der Waals surface area contributed by atoms with Gasteiger partial charge in [0, 0.05) is 0 Å². The molecule has 0 bridgehead atoms. The first-order valence-electron chi connectivity index (χ1n) is 8.03. The molecule has 4 rings (SSSR count). The molecule has 3 aromatic carbocycles. The highest BCUT2D eigenvalue weighted by atomic mass is 14.2. The van der Waals surface area contributed by atoms with Gasteiger partial charge in [0.25, 0.3) is 0 Å². The molecule has 0 radical (unpaired) electrons. The fraction of sp³-hybridized carbons (Fsp3) is 0.182. The Labute approximate surface area is 132 Å². The number of aryl methyl sites for hydroxylation is 3. The van der Waals surface area contributed by atoms with Crippen LogP contribution < -0.4 is 0 Å². The predicted molar refractivity (Wildman–Crippen MR) is 96.2 cm³/mol. The second-order valence-electron chi connectivity index (χ2n) is 6.29. The van der Waals surface area contributed by atoms with Crippen molar-refractivity contribution >= 4 is 16.8 Å². The van der Waals surface area contributed by atoms with Gasteiger partial charge in [-0.1, -0.05) is 54.6 Å². The van der Waals surface area contributed by atoms with Gasteiger partial charge in [-0.3, -0.25) is 0 Å². The summed E-state index contributed by atoms with van der Waals surface area (Å²) in [6.07, 6.45) is 6.90. The molecule has 1 aliphatic carbocycles. The highest BCUT2D eigenvalue weighted by Gasteiger charge is 2.12. The minimum atomic E-state index is 1.17. The lowest BCUT2D eigenvalue weighted by molar-refractivity contribution is 0.983. The van der Waals surface area contributed by atoms with Crippen LogP contribution in [0.4, 0.5) is 0 Å². The molecule has 0 aliphatic heterocycles. The smallest absolute Gasteiger partial charge is 0.00760 e. The number of fused-ring (bicyclic) bond motifs is 2. The maximum atomic E-state index is 2.38. The second kappa shape index (κ2) is 5.14. The topological polar surface area (TPSA) is 0 Å². The van der Waals surface area contributed by atoms with Crippen molar-refractivity contribution in [2.24, 2.45) is 0 Å². The minimum absolute atomic E-state index is 1.17. The molecule has 0 atom stereocenters. The van der Waals surface area contributed by atoms with Crippen molar-refractivity contribution in [3.8, 4) is 11.1 Å². The lowest BCUT2D eigenvalue weighted by Crippen LogP contribution is -1.97. The Morgan fingerprint density at radius 2 is 1.64 bits per heavy atom. The van der Waals surface area contributed by atoms with Crippen LogP contribution in [-0.4, -0.2) is 0 Å². The molecule has 0 N–H and O–H groups in total. The van der Waals surface area contributed by atoms with Gasteiger partial charge >= 0.3 is 0 Å². The van der Waals surface area contributed by atoms with Crippen molar-refractivity contribution in [3.05, 3.63) is 76.9 Å². The number of rotatable bonds is 1. The Balaban J connectivity index is 2.03. The molecule has 0 spiro atoms. The first kappa shape index (κ1) is 13.3. The molecule has 3 aromatic rings. The molecule has 108 valence electrons. The molecule has 0 heteroatoms. The molecular weight excluding hydrogens is 264 g/mol. The number of allylic oxidation sites excluding steroid dienone is 1. The van der Waals surface area contributed by atoms with Crippen molar-refractivity contribution < 1.29 is 0 Å². The van der Waals surface area contributed by atoms with Crippen LogP contribution in [-0.2, 0) is 6.42 Å². The highest BCUT2D eigenvalue weighted by molar-refractivity contribution is 5.99. The van der Waals surface area contributed by atoms with Crippen LogP contribution >= 0.6 is 0 Å². The van der Waals surface area contributed by atoms with Gasteiger partial charge in [0.2, 0.25) is 0 Å². The van der Waals surface area contributed by atoms with E-state index in [-0.39, 0.29) is 0 Å². The third kappa shape index (κ3) is 2.07. The van der Waals surface area contributed by atoms with Crippen LogP contribution in [0.25, 0.3) is 28.0 Å². The summed E-state index contributed by atoms with van der Waals surface area (Å²) in [5, 5.41) is 2.71. The Hall–Kier alpha value is -2.34. The molecule has 0 saturated carbocycles. The summed E-state index contributed by atoms with van der Waals surface area (Å²) < 4.78 is 0. The van der Waals surface area contributed by atoms with Crippen LogP contribution in [0.15, 0.2) is 54.6 Å². The van der Waals surface area contributed by atoms with Gasteiger partial charge in [-0.05, 0) is 76.9 Å². The Kier molecular flexibility index (Phi) is 3.11. The molecular formula is C22H20. The van der Waals surface area contributed by atoms with Gasteiger partial charge in [0.15, 0.2) is 0 Å². The van der Waals surface area contributed by atoms with Crippen LogP contribution in [0.1, 0.15) is 28.7 Å². The first-order valence-corrected chi connectivity index (χ1v) is 8.03. The van der Waals surface area contributed by atoms with E-state index >= 15 is 0 Å². The number of benzene rings is 3. The molecule has 0 saturated heterocycles. The summed E-state index contributed by atoms with van der Waals surface area (Å²) in [7, 11) is 0. The summed E-state index contributed by atoms with van der Waals surface area (Å²) in [6.45, 7) is 4.45. The molecule has 22 heavy (non-hydrogen) atoms. The minimum Gasteiger partial charge on any atom is -0.0836 e. The van der Waals surface area contributed by atoms with Crippen LogP contribution in [0.2, 0.25) is 0 Å². The van der Waals surface area contributed by atoms with Gasteiger partial charge in [0.05, 0.1) is 0 Å². The molecule has 0 heterocycles. The number of hydrogen-bond acceptors (Lipinski definition) is 0. The van der Waals surface area contributed by atoms with Gasteiger partial charge in [-0.2, -0.15) is 0 Å². The molecule has 0 unspecified atom stereocenters. The Bertz CT molecular complexity index is 892. The molecule has 0 fully saturated rings. The van der Waals surface area contributed by atoms with Gasteiger partial charge in [0.1, 0.15) is 0 Å². The summed E-state index contributed by atoms with van der Waals surface area (Å²) in [5.41, 5.74) is 8.32. The van der Waals surface area contributed by atoms with Crippen molar-refractivity contribution in [3.63, 3.8) is 0 Å². The molecule has 1 aliphatic rings. The normalized spacial score (nSPS) is 13.4. The van der Waals surface area contributed by atoms with Crippen molar-refractivity contribution in [1.82, 2.24) is 0 Å². The molecule has 0 amide bonds. The molecule has 0 aromatic heterocycles. The largest absolute Gasteiger partial charge is 0.0836 e. The van der Waals surface area contributed by atoms with Crippen LogP contribution in [0.5, 0.6) is 0 Å². The third-order valence-corrected chi connectivity index (χ3v) is 4.77. The second-order valence-corrected chi connectivity index (χ2v) is 6.29. The third-order valence-electron chi connectivity index (χ3n) is 4.77. The maximum Gasteiger partial charge on any atom is -0.00760 e. The van der Waals surface area contributed by atoms with Gasteiger partial charge in [-0.25, -0.2) is 0 Å². The predicted octanol–water partition coefficient (Wildman–Crippen LogP) is 6.08. The standard InChI is InChI=1S/C22H20/c1-15-7-5-10-17-11-6-12-20(22(15)17)21-14-19-9-4-3-8-18(19)13-16(21)2/h4-7,9-14H,3,8H2,1-2H3. The first-order chi connectivity index (χ1) is 10.7. The lowest BCUT2D eigenvalue weighted by Gasteiger charge is -2.17. The van der Waals surface area contributed by atoms with E-state index in [1.165, 1.54) is 57.0 Å². The highest BCUT2D eigenvalue weighted by Crippen LogP contribution is 2.35. The average molecular weight is 284 g/mol. The van der Waals surface area contributed by atoms with E-state index < -0.39 is 0 Å². The maximum absolute atomic E-state index is 2.38. The zero-order chi connectivity index (χ0) is 15.1. The Morgan fingerprint density at radius 3 is 2.50 bits per heavy atom. The van der Waals surface area contributed by atoms with Crippen molar-refractivity contribution in [2.45, 2.75) is 26.7 Å². The van der Waals surface area contributed by atoms with E-state index in [2.05, 4.69) is 74.5 Å². The fourth-order valence-corrected chi connectivity index (χ4v) is 3.65. The lowest BCUT2D eigenvalue weighted by atomic mass is 9.87. The average Bonchev–Trinajstić information content (AvgIpc) is 2.54. The number of hydrogen-bond donors (Lipinski definition) is 0. The van der Waals surface area contributed by atoms with Gasteiger partial charge < -0.3 is 0 Å². The summed E-state index contributed by atoms with van der Waals surface area (Å²) in [4.78, 5) is 0. The SMILES string of the molecule is Cc1cc2c(cc1-c1cccc3cccc(C)c13)C=CCC2. The quantitative estimate of drug-likeness (QED) is 0.507. The zero-order valence-electron chi connectivity index (χ0n) is 13.2. The van der Waals surface area contributed by atoms with Crippen molar-refractivity contribution in [1.29, 1.82) is 0 Å². The Morgan fingerprint density at radius 1 is 0.818 bits per heavy atom. The van der Waals surface area contributed by atoms with Crippen LogP contribution in [0, 0.1) is 13.8 Å². The zero-order valence-corrected chi connectivity index (χ0v) is 13.2. The summed E-state index contributed by atoms with van der Waals surface area (Å²) in [5.74, 6) is 0. The van der Waals surface area contributed by atoms with E-state index in [0.717, 1.165) is 0 Å². The monoisotopic (exact) mass is 284 g/mol. The summed E-state index contributed by atoms with van der Waals surface area (Å²) >= 11 is 0. The van der Waals surface area contributed by atoms with Gasteiger partial charge in [-0.15, -0.1) is 0 Å². The fourth-order valence-electron chi connectivity index (χ4n) is 3.65. The van der Waals surface area contributed by atoms with E-state index in [1.54, 1.807) is 0 Å². The van der Waals surface area contributed by atoms with E-state index in [0.29, 0.717) is 0 Å². The van der Waals surface area contributed by atoms with E-state index in [1.807, 2.05) is 0 Å². The van der Waals surface area contributed by atoms with E-state index in [9.17, 15) is 0 Å². The summed E-state index contributed by atoms with van der Waals surface area (Å²) in [6, 6.07) is 18.0.